The molecule has 17 heavy (non-hydrogen) atoms. The van der Waals surface area contributed by atoms with Gasteiger partial charge in [-0.3, -0.25) is 10.4 Å². The zero-order chi connectivity index (χ0) is 12.3. The number of oxazole rings is 1. The molecule has 0 amide bonds. The number of rotatable bonds is 4. The molecule has 2 heterocycles. The molecular formula is C11H12N4OS. The van der Waals surface area contributed by atoms with Gasteiger partial charge in [-0.1, -0.05) is 11.8 Å². The third-order valence-corrected chi connectivity index (χ3v) is 2.97. The summed E-state index contributed by atoms with van der Waals surface area (Å²) in [6, 6.07) is 3.68. The van der Waals surface area contributed by atoms with Crippen molar-refractivity contribution in [3.8, 4) is 0 Å². The summed E-state index contributed by atoms with van der Waals surface area (Å²) in [5.74, 6) is 0.687. The number of pyridine rings is 1. The van der Waals surface area contributed by atoms with Gasteiger partial charge in [-0.15, -0.1) is 0 Å². The molecule has 0 bridgehead atoms. The molecule has 0 spiro atoms. The average Bonchev–Trinajstić information content (AvgIpc) is 2.73. The maximum Gasteiger partial charge on any atom is 0.256 e. The second-order valence-electron chi connectivity index (χ2n) is 3.51. The molecule has 0 saturated heterocycles. The largest absolute Gasteiger partial charge is 0.440 e. The number of nitrogen functional groups attached to an aromatic ring is 1. The van der Waals surface area contributed by atoms with Gasteiger partial charge in [0.25, 0.3) is 5.22 Å². The average molecular weight is 248 g/mol. The number of amidine groups is 1. The summed E-state index contributed by atoms with van der Waals surface area (Å²) in [6.45, 7) is 1.88. The van der Waals surface area contributed by atoms with Gasteiger partial charge in [-0.05, 0) is 24.6 Å². The fourth-order valence-corrected chi connectivity index (χ4v) is 2.05. The van der Waals surface area contributed by atoms with Crippen LogP contribution in [-0.4, -0.2) is 15.8 Å². The van der Waals surface area contributed by atoms with Crippen molar-refractivity contribution < 1.29 is 4.42 Å². The lowest BCUT2D eigenvalue weighted by Gasteiger charge is -2.01. The molecule has 0 aliphatic carbocycles. The Morgan fingerprint density at radius 1 is 1.59 bits per heavy atom. The Morgan fingerprint density at radius 2 is 2.41 bits per heavy atom. The van der Waals surface area contributed by atoms with E-state index in [1.165, 1.54) is 11.8 Å². The fourth-order valence-electron chi connectivity index (χ4n) is 1.26. The molecule has 0 fully saturated rings. The zero-order valence-corrected chi connectivity index (χ0v) is 10.1. The van der Waals surface area contributed by atoms with E-state index in [9.17, 15) is 0 Å². The minimum absolute atomic E-state index is 0.0242. The molecule has 2 rings (SSSR count). The van der Waals surface area contributed by atoms with Crippen molar-refractivity contribution in [2.75, 3.05) is 0 Å². The molecule has 5 nitrogen and oxygen atoms in total. The molecule has 0 saturated carbocycles. The Morgan fingerprint density at radius 3 is 3.06 bits per heavy atom. The van der Waals surface area contributed by atoms with Crippen LogP contribution in [0.2, 0.25) is 0 Å². The topological polar surface area (TPSA) is 88.8 Å². The number of nitrogens with one attached hydrogen (secondary N) is 1. The molecule has 0 radical (unpaired) electrons. The zero-order valence-electron chi connectivity index (χ0n) is 9.30. The summed E-state index contributed by atoms with van der Waals surface area (Å²) in [5, 5.41) is 7.95. The van der Waals surface area contributed by atoms with Crippen LogP contribution in [0.15, 0.2) is 34.2 Å². The molecule has 88 valence electrons. The third-order valence-electron chi connectivity index (χ3n) is 2.06. The minimum Gasteiger partial charge on any atom is -0.440 e. The lowest BCUT2D eigenvalue weighted by molar-refractivity contribution is 0.454. The van der Waals surface area contributed by atoms with Crippen LogP contribution in [-0.2, 0) is 5.75 Å². The van der Waals surface area contributed by atoms with Crippen molar-refractivity contribution in [3.63, 3.8) is 0 Å². The Labute approximate surface area is 103 Å². The van der Waals surface area contributed by atoms with Crippen LogP contribution < -0.4 is 5.73 Å². The molecule has 2 aromatic rings. The van der Waals surface area contributed by atoms with Crippen LogP contribution in [0.4, 0.5) is 0 Å². The molecule has 0 unspecified atom stereocenters. The van der Waals surface area contributed by atoms with E-state index in [4.69, 9.17) is 15.6 Å². The Hall–Kier alpha value is -1.82. The van der Waals surface area contributed by atoms with Gasteiger partial charge in [-0.2, -0.15) is 0 Å². The predicted molar refractivity (Wildman–Crippen MR) is 66.1 cm³/mol. The Kier molecular flexibility index (Phi) is 3.43. The first-order valence-corrected chi connectivity index (χ1v) is 5.98. The molecule has 0 aliphatic rings. The lowest BCUT2D eigenvalue weighted by atomic mass is 10.2. The van der Waals surface area contributed by atoms with E-state index >= 15 is 0 Å². The van der Waals surface area contributed by atoms with E-state index in [1.54, 1.807) is 18.5 Å². The number of thioether (sulfide) groups is 1. The van der Waals surface area contributed by atoms with E-state index in [1.807, 2.05) is 13.0 Å². The second-order valence-corrected chi connectivity index (χ2v) is 4.43. The van der Waals surface area contributed by atoms with E-state index in [0.717, 1.165) is 11.3 Å². The summed E-state index contributed by atoms with van der Waals surface area (Å²) in [4.78, 5) is 8.20. The summed E-state index contributed by atoms with van der Waals surface area (Å²) in [5.41, 5.74) is 7.77. The van der Waals surface area contributed by atoms with Crippen LogP contribution in [0.25, 0.3) is 0 Å². The van der Waals surface area contributed by atoms with Crippen molar-refractivity contribution in [2.45, 2.75) is 17.9 Å². The maximum atomic E-state index is 7.31. The van der Waals surface area contributed by atoms with Gasteiger partial charge in [0.15, 0.2) is 0 Å². The van der Waals surface area contributed by atoms with Crippen LogP contribution in [0.1, 0.15) is 17.0 Å². The monoisotopic (exact) mass is 248 g/mol. The highest BCUT2D eigenvalue weighted by molar-refractivity contribution is 7.98. The highest BCUT2D eigenvalue weighted by atomic mass is 32.2. The third kappa shape index (κ3) is 3.07. The molecule has 3 N–H and O–H groups in total. The second kappa shape index (κ2) is 5.01. The van der Waals surface area contributed by atoms with Gasteiger partial charge < -0.3 is 10.2 Å². The van der Waals surface area contributed by atoms with Gasteiger partial charge in [0.2, 0.25) is 0 Å². The van der Waals surface area contributed by atoms with E-state index in [0.29, 0.717) is 16.7 Å². The Balaban J connectivity index is 2.04. The van der Waals surface area contributed by atoms with Gasteiger partial charge in [-0.25, -0.2) is 4.98 Å². The molecule has 0 atom stereocenters. The lowest BCUT2D eigenvalue weighted by Crippen LogP contribution is -2.13. The number of aryl methyl sites for hydroxylation is 1. The standard InChI is InChI=1S/C11H12N4OS/c1-7-5-16-11(15-7)17-6-8-2-3-14-9(4-8)10(12)13/h2-5H,6H2,1H3,(H3,12,13). The van der Waals surface area contributed by atoms with Crippen molar-refractivity contribution in [1.82, 2.24) is 9.97 Å². The smallest absolute Gasteiger partial charge is 0.256 e. The molecule has 6 heteroatoms. The van der Waals surface area contributed by atoms with Crippen molar-refractivity contribution >= 4 is 17.6 Å². The van der Waals surface area contributed by atoms with E-state index in [2.05, 4.69) is 9.97 Å². The van der Waals surface area contributed by atoms with E-state index < -0.39 is 0 Å². The van der Waals surface area contributed by atoms with Crippen molar-refractivity contribution in [2.24, 2.45) is 5.73 Å². The summed E-state index contributed by atoms with van der Waals surface area (Å²) in [6.07, 6.45) is 3.27. The SMILES string of the molecule is Cc1coc(SCc2ccnc(C(=N)N)c2)n1. The van der Waals surface area contributed by atoms with E-state index in [-0.39, 0.29) is 5.84 Å². The number of aromatic nitrogens is 2. The van der Waals surface area contributed by atoms with Crippen LogP contribution in [0.3, 0.4) is 0 Å². The van der Waals surface area contributed by atoms with Gasteiger partial charge in [0, 0.05) is 11.9 Å². The highest BCUT2D eigenvalue weighted by Crippen LogP contribution is 2.21. The fraction of sp³-hybridized carbons (Fsp3) is 0.182. The number of nitrogens with zero attached hydrogens (tertiary/aromatic N) is 2. The maximum absolute atomic E-state index is 7.31. The van der Waals surface area contributed by atoms with Gasteiger partial charge >= 0.3 is 0 Å². The normalized spacial score (nSPS) is 10.4. The predicted octanol–water partition coefficient (Wildman–Crippen LogP) is 1.95. The van der Waals surface area contributed by atoms with Crippen LogP contribution in [0, 0.1) is 12.3 Å². The quantitative estimate of drug-likeness (QED) is 0.490. The Bertz CT molecular complexity index is 538. The van der Waals surface area contributed by atoms with Gasteiger partial charge in [0.05, 0.1) is 5.69 Å². The molecule has 2 aromatic heterocycles. The summed E-state index contributed by atoms with van der Waals surface area (Å²) < 4.78 is 5.23. The summed E-state index contributed by atoms with van der Waals surface area (Å²) in [7, 11) is 0. The summed E-state index contributed by atoms with van der Waals surface area (Å²) >= 11 is 1.50. The first kappa shape index (κ1) is 11.7. The minimum atomic E-state index is -0.0242. The highest BCUT2D eigenvalue weighted by Gasteiger charge is 2.04. The number of hydrogen-bond donors (Lipinski definition) is 2. The molecule has 0 aliphatic heterocycles. The number of hydrogen-bond acceptors (Lipinski definition) is 5. The van der Waals surface area contributed by atoms with Gasteiger partial charge in [0.1, 0.15) is 17.8 Å². The number of nitrogens with two attached hydrogens (primary N) is 1. The van der Waals surface area contributed by atoms with Crippen molar-refractivity contribution in [3.05, 3.63) is 41.5 Å². The molecular weight excluding hydrogens is 236 g/mol. The molecule has 0 aromatic carbocycles. The first-order valence-electron chi connectivity index (χ1n) is 4.99. The first-order chi connectivity index (χ1) is 8.15. The van der Waals surface area contributed by atoms with Crippen LogP contribution in [0.5, 0.6) is 0 Å². The van der Waals surface area contributed by atoms with Crippen LogP contribution >= 0.6 is 11.8 Å². The van der Waals surface area contributed by atoms with Crippen molar-refractivity contribution in [1.29, 1.82) is 5.41 Å².